The van der Waals surface area contributed by atoms with E-state index in [-0.39, 0.29) is 0 Å². The van der Waals surface area contributed by atoms with Gasteiger partial charge in [0, 0.05) is 18.8 Å². The van der Waals surface area contributed by atoms with E-state index in [1.807, 2.05) is 28.9 Å². The Hall–Kier alpha value is -1.80. The minimum absolute atomic E-state index is 0.688. The molecule has 0 radical (unpaired) electrons. The Morgan fingerprint density at radius 1 is 1.22 bits per heavy atom. The molecule has 0 saturated heterocycles. The lowest BCUT2D eigenvalue weighted by atomic mass is 10.1. The third-order valence-electron chi connectivity index (χ3n) is 2.95. The van der Waals surface area contributed by atoms with E-state index in [0.717, 1.165) is 17.8 Å². The van der Waals surface area contributed by atoms with Crippen LogP contribution < -0.4 is 0 Å². The minimum atomic E-state index is 0.688. The van der Waals surface area contributed by atoms with Crippen molar-refractivity contribution in [2.24, 2.45) is 0 Å². The molecule has 0 bridgehead atoms. The van der Waals surface area contributed by atoms with E-state index < -0.39 is 0 Å². The summed E-state index contributed by atoms with van der Waals surface area (Å²) < 4.78 is 1.97. The predicted molar refractivity (Wildman–Crippen MR) is 74.2 cm³/mol. The van der Waals surface area contributed by atoms with E-state index in [9.17, 15) is 0 Å². The summed E-state index contributed by atoms with van der Waals surface area (Å²) in [6, 6.07) is 12.3. The van der Waals surface area contributed by atoms with Crippen molar-refractivity contribution in [2.75, 3.05) is 0 Å². The lowest BCUT2D eigenvalue weighted by Gasteiger charge is -1.99. The quantitative estimate of drug-likeness (QED) is 0.680. The van der Waals surface area contributed by atoms with E-state index in [1.165, 1.54) is 11.1 Å². The molecule has 0 saturated carbocycles. The first-order chi connectivity index (χ1) is 8.72. The van der Waals surface area contributed by atoms with Crippen LogP contribution in [0.5, 0.6) is 0 Å². The zero-order chi connectivity index (χ0) is 12.5. The number of benzene rings is 1. The van der Waals surface area contributed by atoms with Crippen molar-refractivity contribution >= 4 is 17.2 Å². The summed E-state index contributed by atoms with van der Waals surface area (Å²) in [5.41, 5.74) is 4.40. The molecule has 0 fully saturated rings. The predicted octanol–water partition coefficient (Wildman–Crippen LogP) is 3.89. The smallest absolute Gasteiger partial charge is 0.155 e. The van der Waals surface area contributed by atoms with Gasteiger partial charge in [0.15, 0.2) is 5.65 Å². The van der Waals surface area contributed by atoms with Crippen LogP contribution in [0.1, 0.15) is 16.8 Å². The van der Waals surface area contributed by atoms with Crippen molar-refractivity contribution in [3.63, 3.8) is 0 Å². The highest BCUT2D eigenvalue weighted by atomic mass is 35.5. The maximum atomic E-state index is 6.12. The number of fused-ring (bicyclic) bond motifs is 1. The molecule has 0 amide bonds. The molecule has 3 heteroatoms. The maximum Gasteiger partial charge on any atom is 0.155 e. The molecule has 0 N–H and O–H groups in total. The molecular formula is C15H13ClN2. The molecular weight excluding hydrogens is 244 g/mol. The summed E-state index contributed by atoms with van der Waals surface area (Å²) in [4.78, 5) is 4.57. The second kappa shape index (κ2) is 4.46. The van der Waals surface area contributed by atoms with Crippen LogP contribution in [-0.4, -0.2) is 9.38 Å². The highest BCUT2D eigenvalue weighted by Gasteiger charge is 2.05. The number of nitrogens with zero attached hydrogens (tertiary/aromatic N) is 2. The molecule has 2 aromatic heterocycles. The Kier molecular flexibility index (Phi) is 2.80. The normalized spacial score (nSPS) is 11.0. The number of pyridine rings is 1. The van der Waals surface area contributed by atoms with Gasteiger partial charge in [-0.2, -0.15) is 0 Å². The van der Waals surface area contributed by atoms with Crippen LogP contribution in [0.4, 0.5) is 0 Å². The van der Waals surface area contributed by atoms with Crippen LogP contribution in [-0.2, 0) is 6.42 Å². The lowest BCUT2D eigenvalue weighted by Crippen LogP contribution is -1.88. The monoisotopic (exact) mass is 256 g/mol. The highest BCUT2D eigenvalue weighted by Crippen LogP contribution is 2.18. The number of aryl methyl sites for hydroxylation is 1. The van der Waals surface area contributed by atoms with Crippen LogP contribution >= 0.6 is 11.6 Å². The molecule has 18 heavy (non-hydrogen) atoms. The van der Waals surface area contributed by atoms with Crippen LogP contribution in [0.15, 0.2) is 48.8 Å². The molecule has 0 unspecified atom stereocenters. The average molecular weight is 257 g/mol. The van der Waals surface area contributed by atoms with Gasteiger partial charge in [0.05, 0.1) is 10.7 Å². The van der Waals surface area contributed by atoms with Gasteiger partial charge in [0.1, 0.15) is 0 Å². The highest BCUT2D eigenvalue weighted by molar-refractivity contribution is 6.33. The van der Waals surface area contributed by atoms with Gasteiger partial charge in [-0.05, 0) is 24.6 Å². The number of hydrogen-bond donors (Lipinski definition) is 0. The van der Waals surface area contributed by atoms with Gasteiger partial charge < -0.3 is 4.40 Å². The fourth-order valence-corrected chi connectivity index (χ4v) is 2.36. The zero-order valence-electron chi connectivity index (χ0n) is 10.1. The van der Waals surface area contributed by atoms with Crippen LogP contribution in [0.3, 0.4) is 0 Å². The first-order valence-electron chi connectivity index (χ1n) is 5.90. The van der Waals surface area contributed by atoms with Gasteiger partial charge in [-0.1, -0.05) is 41.4 Å². The Morgan fingerprint density at radius 2 is 2.11 bits per heavy atom. The molecule has 0 atom stereocenters. The van der Waals surface area contributed by atoms with Crippen molar-refractivity contribution in [2.45, 2.75) is 13.3 Å². The number of imidazole rings is 1. The molecule has 2 heterocycles. The van der Waals surface area contributed by atoms with E-state index in [4.69, 9.17) is 11.6 Å². The number of rotatable bonds is 2. The summed E-state index contributed by atoms with van der Waals surface area (Å²) in [5, 5.41) is 0.688. The number of halogens is 1. The Morgan fingerprint density at radius 3 is 2.89 bits per heavy atom. The van der Waals surface area contributed by atoms with Crippen LogP contribution in [0.25, 0.3) is 5.65 Å². The average Bonchev–Trinajstić information content (AvgIpc) is 2.73. The van der Waals surface area contributed by atoms with E-state index in [1.54, 1.807) is 0 Å². The van der Waals surface area contributed by atoms with E-state index in [2.05, 4.69) is 36.2 Å². The van der Waals surface area contributed by atoms with Crippen LogP contribution in [0.2, 0.25) is 5.02 Å². The molecule has 2 nitrogen and oxygen atoms in total. The Labute approximate surface area is 111 Å². The minimum Gasteiger partial charge on any atom is -0.306 e. The van der Waals surface area contributed by atoms with Crippen molar-refractivity contribution in [1.29, 1.82) is 0 Å². The summed E-state index contributed by atoms with van der Waals surface area (Å²) >= 11 is 6.12. The van der Waals surface area contributed by atoms with Gasteiger partial charge >= 0.3 is 0 Å². The van der Waals surface area contributed by atoms with E-state index in [0.29, 0.717) is 5.02 Å². The fourth-order valence-electron chi connectivity index (χ4n) is 2.15. The van der Waals surface area contributed by atoms with Gasteiger partial charge in [-0.15, -0.1) is 0 Å². The Balaban J connectivity index is 1.98. The lowest BCUT2D eigenvalue weighted by molar-refractivity contribution is 1.11. The molecule has 0 aliphatic carbocycles. The van der Waals surface area contributed by atoms with Crippen molar-refractivity contribution in [1.82, 2.24) is 9.38 Å². The first kappa shape index (κ1) is 11.3. The SMILES string of the molecule is Cc1cccc(Cc2cn3cccc(Cl)c3n2)c1. The third kappa shape index (κ3) is 2.12. The molecule has 0 aliphatic heterocycles. The second-order valence-corrected chi connectivity index (χ2v) is 4.89. The first-order valence-corrected chi connectivity index (χ1v) is 6.28. The summed E-state index contributed by atoms with van der Waals surface area (Å²) in [6.07, 6.45) is 4.83. The molecule has 3 rings (SSSR count). The largest absolute Gasteiger partial charge is 0.306 e. The standard InChI is InChI=1S/C15H13ClN2/c1-11-4-2-5-12(8-11)9-13-10-18-7-3-6-14(16)15(18)17-13/h2-8,10H,9H2,1H3. The van der Waals surface area contributed by atoms with Crippen molar-refractivity contribution < 1.29 is 0 Å². The molecule has 0 spiro atoms. The van der Waals surface area contributed by atoms with Gasteiger partial charge in [-0.25, -0.2) is 4.98 Å². The molecule has 0 aliphatic rings. The Bertz CT molecular complexity index is 701. The molecule has 3 aromatic rings. The zero-order valence-corrected chi connectivity index (χ0v) is 10.9. The summed E-state index contributed by atoms with van der Waals surface area (Å²) in [7, 11) is 0. The second-order valence-electron chi connectivity index (χ2n) is 4.49. The van der Waals surface area contributed by atoms with Crippen molar-refractivity contribution in [3.8, 4) is 0 Å². The summed E-state index contributed by atoms with van der Waals surface area (Å²) in [6.45, 7) is 2.10. The third-order valence-corrected chi connectivity index (χ3v) is 3.25. The fraction of sp³-hybridized carbons (Fsp3) is 0.133. The number of aromatic nitrogens is 2. The maximum absolute atomic E-state index is 6.12. The van der Waals surface area contributed by atoms with Gasteiger partial charge in [-0.3, -0.25) is 0 Å². The topological polar surface area (TPSA) is 17.3 Å². The summed E-state index contributed by atoms with van der Waals surface area (Å²) in [5.74, 6) is 0. The van der Waals surface area contributed by atoms with Crippen LogP contribution in [0, 0.1) is 6.92 Å². The van der Waals surface area contributed by atoms with E-state index >= 15 is 0 Å². The molecule has 1 aromatic carbocycles. The van der Waals surface area contributed by atoms with Gasteiger partial charge in [0.2, 0.25) is 0 Å². The van der Waals surface area contributed by atoms with Crippen molar-refractivity contribution in [3.05, 3.63) is 70.6 Å². The molecule has 90 valence electrons. The van der Waals surface area contributed by atoms with Gasteiger partial charge in [0.25, 0.3) is 0 Å². The number of hydrogen-bond acceptors (Lipinski definition) is 1.